The Bertz CT molecular complexity index is 1220. The van der Waals surface area contributed by atoms with Crippen LogP contribution in [-0.2, 0) is 16.0 Å². The normalized spacial score (nSPS) is 29.1. The summed E-state index contributed by atoms with van der Waals surface area (Å²) in [4.78, 5) is 17.6. The number of aliphatic hydroxyl groups excluding tert-OH is 1. The van der Waals surface area contributed by atoms with Crippen LogP contribution < -0.4 is 14.8 Å². The lowest BCUT2D eigenvalue weighted by Crippen LogP contribution is -2.52. The monoisotopic (exact) mass is 524 g/mol. The second-order valence-corrected chi connectivity index (χ2v) is 9.50. The molecule has 34 heavy (non-hydrogen) atoms. The predicted octanol–water partition coefficient (Wildman–Crippen LogP) is 3.24. The van der Waals surface area contributed by atoms with E-state index in [1.165, 1.54) is 19.5 Å². The molecule has 1 amide bonds. The molecule has 0 saturated heterocycles. The highest BCUT2D eigenvalue weighted by Crippen LogP contribution is 2.69. The van der Waals surface area contributed by atoms with Gasteiger partial charge in [0.05, 0.1) is 31.0 Å². The molecule has 1 fully saturated rings. The first-order valence-electron chi connectivity index (χ1n) is 11.1. The number of amides is 1. The Kier molecular flexibility index (Phi) is 5.62. The zero-order valence-corrected chi connectivity index (χ0v) is 20.3. The lowest BCUT2D eigenvalue weighted by Gasteiger charge is -2.40. The minimum absolute atomic E-state index is 0.279. The zero-order valence-electron chi connectivity index (χ0n) is 18.7. The largest absolute Gasteiger partial charge is 0.495 e. The van der Waals surface area contributed by atoms with Crippen molar-refractivity contribution in [2.24, 2.45) is 5.92 Å². The van der Waals surface area contributed by atoms with Crippen molar-refractivity contribution >= 4 is 21.8 Å². The molecule has 5 rings (SSSR count). The van der Waals surface area contributed by atoms with E-state index in [2.05, 4.69) is 26.2 Å². The van der Waals surface area contributed by atoms with Crippen LogP contribution in [0.3, 0.4) is 0 Å². The molecule has 1 aromatic heterocycles. The summed E-state index contributed by atoms with van der Waals surface area (Å²) in [5.74, 6) is -1.50. The first kappa shape index (κ1) is 22.8. The fourth-order valence-electron chi connectivity index (χ4n) is 5.68. The highest BCUT2D eigenvalue weighted by molar-refractivity contribution is 9.10. The molecule has 176 valence electrons. The van der Waals surface area contributed by atoms with Gasteiger partial charge in [0.15, 0.2) is 11.2 Å². The Morgan fingerprint density at radius 3 is 2.53 bits per heavy atom. The average Bonchev–Trinajstić information content (AvgIpc) is 3.23. The maximum absolute atomic E-state index is 13.4. The van der Waals surface area contributed by atoms with Gasteiger partial charge in [0.1, 0.15) is 17.6 Å². The number of benzene rings is 2. The standard InChI is InChI=1S/C26H25BrN2O5/c1-3-29-24(31)20-21(15-7-5-4-6-8-15)26(16-9-11-17(27)12-10-16)25(32,23(20)30)22-18(33-2)13-28-14-19(22)34-26/h4-14,20-21,23,30,32H,3H2,1-2H3,(H,29,31). The quantitative estimate of drug-likeness (QED) is 0.473. The number of fused-ring (bicyclic) bond motifs is 3. The number of nitrogens with zero attached hydrogens (tertiary/aromatic N) is 1. The number of ether oxygens (including phenoxy) is 2. The third-order valence-electron chi connectivity index (χ3n) is 6.97. The van der Waals surface area contributed by atoms with Gasteiger partial charge in [-0.25, -0.2) is 0 Å². The SMILES string of the molecule is CCNC(=O)C1C(O)C2(O)c3c(OC)cncc3OC2(c2ccc(Br)cc2)C1c1ccccc1. The second-order valence-electron chi connectivity index (χ2n) is 8.58. The number of halogens is 1. The fourth-order valence-corrected chi connectivity index (χ4v) is 5.94. The lowest BCUT2D eigenvalue weighted by atomic mass is 9.70. The molecular weight excluding hydrogens is 500 g/mol. The van der Waals surface area contributed by atoms with Crippen LogP contribution in [0.15, 0.2) is 71.5 Å². The van der Waals surface area contributed by atoms with Crippen molar-refractivity contribution in [1.82, 2.24) is 10.3 Å². The van der Waals surface area contributed by atoms with E-state index in [1.54, 1.807) is 0 Å². The van der Waals surface area contributed by atoms with Crippen molar-refractivity contribution < 1.29 is 24.5 Å². The van der Waals surface area contributed by atoms with Gasteiger partial charge in [-0.2, -0.15) is 0 Å². The Hall–Kier alpha value is -2.94. The molecule has 8 heteroatoms. The number of carbonyl (C=O) groups excluding carboxylic acids is 1. The van der Waals surface area contributed by atoms with E-state index < -0.39 is 29.1 Å². The van der Waals surface area contributed by atoms with Gasteiger partial charge in [0, 0.05) is 16.9 Å². The van der Waals surface area contributed by atoms with Crippen LogP contribution in [0.2, 0.25) is 0 Å². The van der Waals surface area contributed by atoms with Crippen molar-refractivity contribution in [3.05, 3.63) is 88.2 Å². The Morgan fingerprint density at radius 2 is 1.88 bits per heavy atom. The molecule has 1 saturated carbocycles. The van der Waals surface area contributed by atoms with Gasteiger partial charge >= 0.3 is 0 Å². The summed E-state index contributed by atoms with van der Waals surface area (Å²) in [6.45, 7) is 2.20. The van der Waals surface area contributed by atoms with E-state index in [0.29, 0.717) is 17.9 Å². The summed E-state index contributed by atoms with van der Waals surface area (Å²) in [5, 5.41) is 27.2. The number of aromatic nitrogens is 1. The van der Waals surface area contributed by atoms with Crippen molar-refractivity contribution in [2.45, 2.75) is 30.1 Å². The van der Waals surface area contributed by atoms with E-state index in [1.807, 2.05) is 61.5 Å². The van der Waals surface area contributed by atoms with Crippen molar-refractivity contribution in [3.63, 3.8) is 0 Å². The molecule has 2 heterocycles. The number of rotatable bonds is 5. The highest BCUT2D eigenvalue weighted by Gasteiger charge is 2.78. The smallest absolute Gasteiger partial charge is 0.226 e. The summed E-state index contributed by atoms with van der Waals surface area (Å²) in [5.41, 5.74) is -1.86. The van der Waals surface area contributed by atoms with Gasteiger partial charge in [-0.15, -0.1) is 0 Å². The van der Waals surface area contributed by atoms with Crippen molar-refractivity contribution in [2.75, 3.05) is 13.7 Å². The average molecular weight is 525 g/mol. The van der Waals surface area contributed by atoms with Gasteiger partial charge < -0.3 is 25.0 Å². The number of aliphatic hydroxyl groups is 2. The minimum atomic E-state index is -2.00. The summed E-state index contributed by atoms with van der Waals surface area (Å²) in [7, 11) is 1.47. The van der Waals surface area contributed by atoms with Gasteiger partial charge in [0.25, 0.3) is 0 Å². The van der Waals surface area contributed by atoms with Crippen LogP contribution in [0.1, 0.15) is 29.5 Å². The fraction of sp³-hybridized carbons (Fsp3) is 0.308. The van der Waals surface area contributed by atoms with Crippen LogP contribution in [0.4, 0.5) is 0 Å². The number of hydrogen-bond acceptors (Lipinski definition) is 6. The molecule has 0 radical (unpaired) electrons. The van der Waals surface area contributed by atoms with E-state index >= 15 is 0 Å². The molecule has 5 atom stereocenters. The molecule has 0 bridgehead atoms. The van der Waals surface area contributed by atoms with Crippen LogP contribution in [0, 0.1) is 5.92 Å². The predicted molar refractivity (Wildman–Crippen MR) is 128 cm³/mol. The Morgan fingerprint density at radius 1 is 1.18 bits per heavy atom. The van der Waals surface area contributed by atoms with E-state index in [0.717, 1.165) is 10.0 Å². The van der Waals surface area contributed by atoms with E-state index in [4.69, 9.17) is 9.47 Å². The number of carbonyl (C=O) groups is 1. The molecule has 3 N–H and O–H groups in total. The molecule has 3 aromatic rings. The molecule has 5 unspecified atom stereocenters. The highest BCUT2D eigenvalue weighted by atomic mass is 79.9. The first-order valence-corrected chi connectivity index (χ1v) is 11.9. The number of nitrogens with one attached hydrogen (secondary N) is 1. The van der Waals surface area contributed by atoms with E-state index in [-0.39, 0.29) is 17.2 Å². The summed E-state index contributed by atoms with van der Waals surface area (Å²) >= 11 is 3.47. The number of methoxy groups -OCH3 is 1. The van der Waals surface area contributed by atoms with Gasteiger partial charge in [-0.3, -0.25) is 9.78 Å². The molecule has 2 aliphatic rings. The number of hydrogen-bond donors (Lipinski definition) is 3. The van der Waals surface area contributed by atoms with Gasteiger partial charge in [-0.05, 0) is 30.2 Å². The van der Waals surface area contributed by atoms with Gasteiger partial charge in [-0.1, -0.05) is 58.4 Å². The van der Waals surface area contributed by atoms with E-state index in [9.17, 15) is 15.0 Å². The minimum Gasteiger partial charge on any atom is -0.495 e. The topological polar surface area (TPSA) is 101 Å². The number of pyridine rings is 1. The third kappa shape index (κ3) is 2.95. The Balaban J connectivity index is 1.87. The van der Waals surface area contributed by atoms with Crippen LogP contribution >= 0.6 is 15.9 Å². The van der Waals surface area contributed by atoms with Crippen LogP contribution in [0.25, 0.3) is 0 Å². The lowest BCUT2D eigenvalue weighted by molar-refractivity contribution is -0.154. The molecule has 1 aliphatic heterocycles. The van der Waals surface area contributed by atoms with Crippen molar-refractivity contribution in [3.8, 4) is 11.5 Å². The molecule has 7 nitrogen and oxygen atoms in total. The van der Waals surface area contributed by atoms with Crippen LogP contribution in [-0.4, -0.2) is 40.9 Å². The van der Waals surface area contributed by atoms with Gasteiger partial charge in [0.2, 0.25) is 5.91 Å². The third-order valence-corrected chi connectivity index (χ3v) is 7.49. The molecule has 1 aliphatic carbocycles. The molecule has 2 aromatic carbocycles. The molecular formula is C26H25BrN2O5. The summed E-state index contributed by atoms with van der Waals surface area (Å²) < 4.78 is 13.0. The van der Waals surface area contributed by atoms with Crippen molar-refractivity contribution in [1.29, 1.82) is 0 Å². The molecule has 0 spiro atoms. The summed E-state index contributed by atoms with van der Waals surface area (Å²) in [6, 6.07) is 16.8. The maximum atomic E-state index is 13.4. The second kappa shape index (κ2) is 8.37. The Labute approximate surface area is 205 Å². The summed E-state index contributed by atoms with van der Waals surface area (Å²) in [6.07, 6.45) is 1.48. The van der Waals surface area contributed by atoms with Crippen LogP contribution in [0.5, 0.6) is 11.5 Å². The zero-order chi connectivity index (χ0) is 24.1. The maximum Gasteiger partial charge on any atom is 0.226 e. The first-order chi connectivity index (χ1) is 16.4.